The van der Waals surface area contributed by atoms with Crippen molar-refractivity contribution in [3.8, 4) is 0 Å². The first kappa shape index (κ1) is 11.6. The molecule has 6 heteroatoms. The Morgan fingerprint density at radius 3 is 2.62 bits per heavy atom. The molecule has 0 aliphatic heterocycles. The molecule has 0 aliphatic carbocycles. The van der Waals surface area contributed by atoms with Crippen molar-refractivity contribution in [3.63, 3.8) is 0 Å². The van der Waals surface area contributed by atoms with Crippen LogP contribution >= 0.6 is 19.2 Å². The minimum atomic E-state index is -4.57. The Morgan fingerprint density at radius 1 is 1.25 bits per heavy atom. The maximum absolute atomic E-state index is 10.6. The highest BCUT2D eigenvalue weighted by atomic mass is 35.5. The topological polar surface area (TPSA) is 76.1 Å². The summed E-state index contributed by atoms with van der Waals surface area (Å²) < 4.78 is 10.6. The van der Waals surface area contributed by atoms with Gasteiger partial charge in [-0.1, -0.05) is 31.3 Å². The van der Waals surface area contributed by atoms with Gasteiger partial charge in [-0.15, -0.1) is 0 Å². The number of hydrogen-bond donors (Lipinski definition) is 0. The Labute approximate surface area is 97.1 Å². The molecule has 0 saturated carbocycles. The van der Waals surface area contributed by atoms with Crippen molar-refractivity contribution < 1.29 is 14.4 Å². The largest absolute Gasteiger partial charge is 0.810 e. The number of rotatable bonds is 2. The van der Waals surface area contributed by atoms with Crippen LogP contribution in [0, 0.1) is 0 Å². The Hall–Kier alpha value is -0.930. The van der Waals surface area contributed by atoms with Gasteiger partial charge in [0.1, 0.15) is 0 Å². The standard InChI is InChI=1S/C10H9ClNO3P/c11-8-3-1-7-2-4-9(6-16(13,14)15)12-10(7)5-8/h1-5H,6H2,(H2,13,14,15)/p-2. The van der Waals surface area contributed by atoms with E-state index in [0.717, 1.165) is 5.39 Å². The van der Waals surface area contributed by atoms with Gasteiger partial charge in [0.05, 0.1) is 5.52 Å². The van der Waals surface area contributed by atoms with E-state index < -0.39 is 13.8 Å². The summed E-state index contributed by atoms with van der Waals surface area (Å²) in [5.74, 6) is 0. The molecule has 16 heavy (non-hydrogen) atoms. The first-order valence-corrected chi connectivity index (χ1v) is 6.61. The third kappa shape index (κ3) is 2.80. The van der Waals surface area contributed by atoms with Gasteiger partial charge in [-0.05, 0) is 18.2 Å². The summed E-state index contributed by atoms with van der Waals surface area (Å²) >= 11 is 5.79. The van der Waals surface area contributed by atoms with E-state index in [0.29, 0.717) is 10.5 Å². The zero-order valence-electron chi connectivity index (χ0n) is 8.09. The van der Waals surface area contributed by atoms with Crippen LogP contribution in [-0.4, -0.2) is 4.98 Å². The van der Waals surface area contributed by atoms with Gasteiger partial charge >= 0.3 is 0 Å². The summed E-state index contributed by atoms with van der Waals surface area (Å²) in [4.78, 5) is 25.3. The van der Waals surface area contributed by atoms with Crippen molar-refractivity contribution >= 4 is 30.1 Å². The van der Waals surface area contributed by atoms with Gasteiger partial charge in [-0.2, -0.15) is 0 Å². The molecule has 0 atom stereocenters. The lowest BCUT2D eigenvalue weighted by molar-refractivity contribution is -0.314. The van der Waals surface area contributed by atoms with Crippen molar-refractivity contribution in [3.05, 3.63) is 41.0 Å². The van der Waals surface area contributed by atoms with Crippen molar-refractivity contribution in [2.24, 2.45) is 0 Å². The molecule has 0 unspecified atom stereocenters. The SMILES string of the molecule is O=P([O-])([O-])Cc1ccc2ccc(Cl)cc2n1. The predicted molar refractivity (Wildman–Crippen MR) is 58.1 cm³/mol. The molecule has 0 radical (unpaired) electrons. The molecular weight excluding hydrogens is 249 g/mol. The van der Waals surface area contributed by atoms with E-state index in [4.69, 9.17) is 11.6 Å². The van der Waals surface area contributed by atoms with Crippen LogP contribution in [0.5, 0.6) is 0 Å². The van der Waals surface area contributed by atoms with E-state index in [1.54, 1.807) is 24.3 Å². The maximum atomic E-state index is 10.6. The molecule has 0 spiro atoms. The fourth-order valence-electron chi connectivity index (χ4n) is 1.42. The first-order valence-electron chi connectivity index (χ1n) is 4.50. The molecule has 1 aromatic carbocycles. The molecule has 0 fully saturated rings. The average molecular weight is 256 g/mol. The number of halogens is 1. The van der Waals surface area contributed by atoms with Crippen LogP contribution in [0.4, 0.5) is 0 Å². The highest BCUT2D eigenvalue weighted by Gasteiger charge is 2.01. The summed E-state index contributed by atoms with van der Waals surface area (Å²) in [7, 11) is -4.57. The molecule has 1 aromatic heterocycles. The fourth-order valence-corrected chi connectivity index (χ4v) is 2.16. The highest BCUT2D eigenvalue weighted by molar-refractivity contribution is 7.47. The van der Waals surface area contributed by atoms with Gasteiger partial charge in [0.15, 0.2) is 0 Å². The zero-order valence-corrected chi connectivity index (χ0v) is 9.74. The van der Waals surface area contributed by atoms with Crippen LogP contribution in [0.15, 0.2) is 30.3 Å². The molecule has 0 saturated heterocycles. The van der Waals surface area contributed by atoms with E-state index in [1.165, 1.54) is 6.07 Å². The summed E-state index contributed by atoms with van der Waals surface area (Å²) in [6.07, 6.45) is -0.574. The molecule has 2 rings (SSSR count). The van der Waals surface area contributed by atoms with E-state index in [2.05, 4.69) is 4.98 Å². The molecule has 0 aliphatic rings. The molecule has 2 aromatic rings. The van der Waals surface area contributed by atoms with Crippen LogP contribution in [0.2, 0.25) is 5.02 Å². The minimum Gasteiger partial charge on any atom is -0.810 e. The van der Waals surface area contributed by atoms with Gasteiger partial charge < -0.3 is 14.4 Å². The second-order valence-corrected chi connectivity index (χ2v) is 5.38. The van der Waals surface area contributed by atoms with Crippen molar-refractivity contribution in [2.45, 2.75) is 6.16 Å². The average Bonchev–Trinajstić information content (AvgIpc) is 2.14. The molecule has 0 N–H and O–H groups in total. The van der Waals surface area contributed by atoms with E-state index in [-0.39, 0.29) is 5.69 Å². The molecule has 0 bridgehead atoms. The number of benzene rings is 1. The Kier molecular flexibility index (Phi) is 3.00. The van der Waals surface area contributed by atoms with Crippen LogP contribution in [0.1, 0.15) is 5.69 Å². The lowest BCUT2D eigenvalue weighted by atomic mass is 10.2. The quantitative estimate of drug-likeness (QED) is 0.758. The molecule has 84 valence electrons. The van der Waals surface area contributed by atoms with Crippen molar-refractivity contribution in [2.75, 3.05) is 0 Å². The zero-order chi connectivity index (χ0) is 11.8. The van der Waals surface area contributed by atoms with Gasteiger partial charge in [0, 0.05) is 22.3 Å². The molecule has 0 amide bonds. The maximum Gasteiger partial charge on any atom is 0.0720 e. The normalized spacial score (nSPS) is 11.9. The lowest BCUT2D eigenvalue weighted by Gasteiger charge is -2.28. The minimum absolute atomic E-state index is 0.239. The van der Waals surface area contributed by atoms with Gasteiger partial charge in [0.2, 0.25) is 0 Å². The number of aromatic nitrogens is 1. The predicted octanol–water partition coefficient (Wildman–Crippen LogP) is 1.30. The van der Waals surface area contributed by atoms with Gasteiger partial charge in [0.25, 0.3) is 0 Å². The van der Waals surface area contributed by atoms with Crippen molar-refractivity contribution in [1.29, 1.82) is 0 Å². The monoisotopic (exact) mass is 255 g/mol. The summed E-state index contributed by atoms with van der Waals surface area (Å²) in [5.41, 5.74) is 0.821. The van der Waals surface area contributed by atoms with Gasteiger partial charge in [-0.3, -0.25) is 4.98 Å². The Bertz CT molecular complexity index is 581. The van der Waals surface area contributed by atoms with Crippen LogP contribution in [-0.2, 0) is 10.7 Å². The number of nitrogens with zero attached hydrogens (tertiary/aromatic N) is 1. The fraction of sp³-hybridized carbons (Fsp3) is 0.100. The van der Waals surface area contributed by atoms with E-state index in [1.807, 2.05) is 0 Å². The van der Waals surface area contributed by atoms with Gasteiger partial charge in [-0.25, -0.2) is 0 Å². The smallest absolute Gasteiger partial charge is 0.0720 e. The second-order valence-electron chi connectivity index (χ2n) is 3.41. The second kappa shape index (κ2) is 4.15. The first-order chi connectivity index (χ1) is 7.44. The lowest BCUT2D eigenvalue weighted by Crippen LogP contribution is -2.15. The molecular formula is C10H7ClNO3P-2. The molecule has 4 nitrogen and oxygen atoms in total. The van der Waals surface area contributed by atoms with E-state index in [9.17, 15) is 14.4 Å². The highest BCUT2D eigenvalue weighted by Crippen LogP contribution is 2.29. The van der Waals surface area contributed by atoms with Crippen LogP contribution in [0.3, 0.4) is 0 Å². The van der Waals surface area contributed by atoms with Crippen molar-refractivity contribution in [1.82, 2.24) is 4.98 Å². The molecule has 1 heterocycles. The Balaban J connectivity index is 2.47. The summed E-state index contributed by atoms with van der Waals surface area (Å²) in [6.45, 7) is 0. The third-order valence-corrected chi connectivity index (χ3v) is 3.01. The summed E-state index contributed by atoms with van der Waals surface area (Å²) in [5, 5.41) is 1.37. The summed E-state index contributed by atoms with van der Waals surface area (Å²) in [6, 6.07) is 8.36. The van der Waals surface area contributed by atoms with Crippen LogP contribution < -0.4 is 9.79 Å². The Morgan fingerprint density at radius 2 is 1.94 bits per heavy atom. The number of fused-ring (bicyclic) bond motifs is 1. The third-order valence-electron chi connectivity index (χ3n) is 2.07. The van der Waals surface area contributed by atoms with E-state index >= 15 is 0 Å². The number of pyridine rings is 1. The van der Waals surface area contributed by atoms with Crippen LogP contribution in [0.25, 0.3) is 10.9 Å². The number of hydrogen-bond acceptors (Lipinski definition) is 4.